The van der Waals surface area contributed by atoms with E-state index in [0.29, 0.717) is 16.9 Å². The number of halogens is 1. The van der Waals surface area contributed by atoms with Crippen molar-refractivity contribution in [1.29, 1.82) is 0 Å². The molecular formula is C27H30FN5O3. The lowest BCUT2D eigenvalue weighted by Gasteiger charge is -2.28. The summed E-state index contributed by atoms with van der Waals surface area (Å²) >= 11 is 0. The number of benzene rings is 2. The van der Waals surface area contributed by atoms with E-state index in [4.69, 9.17) is 4.74 Å². The smallest absolute Gasteiger partial charge is 0.412 e. The highest BCUT2D eigenvalue weighted by Crippen LogP contribution is 2.30. The van der Waals surface area contributed by atoms with Gasteiger partial charge in [0, 0.05) is 32.4 Å². The molecule has 8 nitrogen and oxygen atoms in total. The van der Waals surface area contributed by atoms with Crippen molar-refractivity contribution in [2.24, 2.45) is 0 Å². The summed E-state index contributed by atoms with van der Waals surface area (Å²) in [6.07, 6.45) is 0.895. The third-order valence-electron chi connectivity index (χ3n) is 5.53. The number of rotatable bonds is 5. The highest BCUT2D eigenvalue weighted by Gasteiger charge is 2.19. The standard InChI is InChI=1S/C27H30FN5O3/c1-27(2,3)36-26(35)32-22-10-6-19(18-4-8-21(28)9-5-18)16-23(22)31-25(34)20-7-11-24(30-17-20)33-14-12-29-13-15-33/h4-11,16-17,29H,12-15H2,1-3H3,(H,31,34)(H,32,35). The molecule has 0 spiro atoms. The number of nitrogens with zero attached hydrogens (tertiary/aromatic N) is 2. The Morgan fingerprint density at radius 2 is 1.64 bits per heavy atom. The summed E-state index contributed by atoms with van der Waals surface area (Å²) in [5.41, 5.74) is 1.95. The topological polar surface area (TPSA) is 95.6 Å². The van der Waals surface area contributed by atoms with E-state index >= 15 is 0 Å². The van der Waals surface area contributed by atoms with Gasteiger partial charge >= 0.3 is 6.09 Å². The van der Waals surface area contributed by atoms with Gasteiger partial charge in [-0.2, -0.15) is 0 Å². The minimum absolute atomic E-state index is 0.341. The Morgan fingerprint density at radius 3 is 2.28 bits per heavy atom. The summed E-state index contributed by atoms with van der Waals surface area (Å²) in [5.74, 6) is 0.101. The molecule has 3 aromatic rings. The Balaban J connectivity index is 1.57. The number of amides is 2. The summed E-state index contributed by atoms with van der Waals surface area (Å²) in [4.78, 5) is 32.1. The summed E-state index contributed by atoms with van der Waals surface area (Å²) in [6.45, 7) is 8.80. The van der Waals surface area contributed by atoms with Crippen molar-refractivity contribution in [3.63, 3.8) is 0 Å². The molecule has 2 aromatic carbocycles. The van der Waals surface area contributed by atoms with Crippen LogP contribution in [0.15, 0.2) is 60.8 Å². The van der Waals surface area contributed by atoms with Gasteiger partial charge < -0.3 is 20.3 Å². The van der Waals surface area contributed by atoms with E-state index in [0.717, 1.165) is 43.1 Å². The molecule has 3 N–H and O–H groups in total. The number of aromatic nitrogens is 1. The predicted molar refractivity (Wildman–Crippen MR) is 139 cm³/mol. The monoisotopic (exact) mass is 491 g/mol. The van der Waals surface area contributed by atoms with Crippen molar-refractivity contribution in [1.82, 2.24) is 10.3 Å². The van der Waals surface area contributed by atoms with Gasteiger partial charge in [0.15, 0.2) is 0 Å². The van der Waals surface area contributed by atoms with Crippen LogP contribution in [-0.4, -0.2) is 48.8 Å². The summed E-state index contributed by atoms with van der Waals surface area (Å²) in [5, 5.41) is 8.87. The molecule has 2 heterocycles. The van der Waals surface area contributed by atoms with Crippen molar-refractivity contribution in [3.8, 4) is 11.1 Å². The van der Waals surface area contributed by atoms with Gasteiger partial charge in [-0.1, -0.05) is 18.2 Å². The minimum Gasteiger partial charge on any atom is -0.444 e. The molecule has 2 amide bonds. The van der Waals surface area contributed by atoms with Crippen LogP contribution in [0.1, 0.15) is 31.1 Å². The second-order valence-corrected chi connectivity index (χ2v) is 9.49. The maximum Gasteiger partial charge on any atom is 0.412 e. The number of carbonyl (C=O) groups excluding carboxylic acids is 2. The van der Waals surface area contributed by atoms with Gasteiger partial charge in [0.05, 0.1) is 16.9 Å². The van der Waals surface area contributed by atoms with Gasteiger partial charge in [-0.25, -0.2) is 14.2 Å². The minimum atomic E-state index is -0.681. The number of hydrogen-bond acceptors (Lipinski definition) is 6. The summed E-state index contributed by atoms with van der Waals surface area (Å²) in [6, 6.07) is 14.8. The van der Waals surface area contributed by atoms with E-state index in [1.807, 2.05) is 6.07 Å². The van der Waals surface area contributed by atoms with Crippen LogP contribution in [0.4, 0.5) is 26.4 Å². The van der Waals surface area contributed by atoms with Gasteiger partial charge in [0.25, 0.3) is 5.91 Å². The van der Waals surface area contributed by atoms with E-state index in [1.165, 1.54) is 18.3 Å². The van der Waals surface area contributed by atoms with Crippen LogP contribution in [0, 0.1) is 5.82 Å². The van der Waals surface area contributed by atoms with Gasteiger partial charge in [0.1, 0.15) is 17.2 Å². The van der Waals surface area contributed by atoms with E-state index in [9.17, 15) is 14.0 Å². The first kappa shape index (κ1) is 25.1. The van der Waals surface area contributed by atoms with Crippen LogP contribution in [0.2, 0.25) is 0 Å². The van der Waals surface area contributed by atoms with E-state index < -0.39 is 11.7 Å². The normalized spacial score (nSPS) is 13.7. The van der Waals surface area contributed by atoms with Crippen molar-refractivity contribution >= 4 is 29.2 Å². The number of hydrogen-bond donors (Lipinski definition) is 3. The highest BCUT2D eigenvalue weighted by molar-refractivity contribution is 6.07. The Morgan fingerprint density at radius 1 is 0.944 bits per heavy atom. The molecule has 1 fully saturated rings. The zero-order valence-corrected chi connectivity index (χ0v) is 20.6. The Kier molecular flexibility index (Phi) is 7.49. The van der Waals surface area contributed by atoms with Crippen LogP contribution >= 0.6 is 0 Å². The first-order valence-corrected chi connectivity index (χ1v) is 11.8. The lowest BCUT2D eigenvalue weighted by atomic mass is 10.0. The maximum absolute atomic E-state index is 13.4. The molecule has 0 unspecified atom stereocenters. The fourth-order valence-corrected chi connectivity index (χ4v) is 3.79. The van der Waals surface area contributed by atoms with Crippen molar-refractivity contribution < 1.29 is 18.7 Å². The fourth-order valence-electron chi connectivity index (χ4n) is 3.79. The van der Waals surface area contributed by atoms with Crippen molar-refractivity contribution in [3.05, 3.63) is 72.2 Å². The third kappa shape index (κ3) is 6.57. The van der Waals surface area contributed by atoms with Gasteiger partial charge in [0.2, 0.25) is 0 Å². The lowest BCUT2D eigenvalue weighted by molar-refractivity contribution is 0.0635. The molecule has 188 valence electrons. The molecule has 0 aliphatic carbocycles. The molecule has 0 saturated carbocycles. The average molecular weight is 492 g/mol. The molecule has 1 aromatic heterocycles. The molecule has 1 aliphatic rings. The summed E-state index contributed by atoms with van der Waals surface area (Å²) in [7, 11) is 0. The Bertz CT molecular complexity index is 1220. The van der Waals surface area contributed by atoms with Gasteiger partial charge in [-0.3, -0.25) is 10.1 Å². The maximum atomic E-state index is 13.4. The fraction of sp³-hybridized carbons (Fsp3) is 0.296. The molecule has 36 heavy (non-hydrogen) atoms. The lowest BCUT2D eigenvalue weighted by Crippen LogP contribution is -2.43. The molecule has 0 radical (unpaired) electrons. The molecule has 1 saturated heterocycles. The zero-order valence-electron chi connectivity index (χ0n) is 20.6. The van der Waals surface area contributed by atoms with Crippen LogP contribution in [-0.2, 0) is 4.74 Å². The van der Waals surface area contributed by atoms with Crippen LogP contribution < -0.4 is 20.9 Å². The third-order valence-corrected chi connectivity index (χ3v) is 5.53. The van der Waals surface area contributed by atoms with Gasteiger partial charge in [-0.15, -0.1) is 0 Å². The van der Waals surface area contributed by atoms with Crippen molar-refractivity contribution in [2.75, 3.05) is 41.7 Å². The molecule has 0 bridgehead atoms. The highest BCUT2D eigenvalue weighted by atomic mass is 19.1. The first-order valence-electron chi connectivity index (χ1n) is 11.8. The number of nitrogens with one attached hydrogen (secondary N) is 3. The quantitative estimate of drug-likeness (QED) is 0.470. The SMILES string of the molecule is CC(C)(C)OC(=O)Nc1ccc(-c2ccc(F)cc2)cc1NC(=O)c1ccc(N2CCNCC2)nc1. The molecular weight excluding hydrogens is 461 g/mol. The van der Waals surface area contributed by atoms with Crippen LogP contribution in [0.25, 0.3) is 11.1 Å². The van der Waals surface area contributed by atoms with E-state index in [-0.39, 0.29) is 11.7 Å². The first-order chi connectivity index (χ1) is 17.2. The van der Waals surface area contributed by atoms with E-state index in [2.05, 4.69) is 25.8 Å². The Hall–Kier alpha value is -3.98. The molecule has 4 rings (SSSR count). The number of carbonyl (C=O) groups is 2. The van der Waals surface area contributed by atoms with Crippen LogP contribution in [0.3, 0.4) is 0 Å². The second-order valence-electron chi connectivity index (χ2n) is 9.49. The van der Waals surface area contributed by atoms with E-state index in [1.54, 1.807) is 57.2 Å². The molecule has 9 heteroatoms. The number of piperazine rings is 1. The predicted octanol–water partition coefficient (Wildman–Crippen LogP) is 4.90. The number of pyridine rings is 1. The van der Waals surface area contributed by atoms with Crippen LogP contribution in [0.5, 0.6) is 0 Å². The summed E-state index contributed by atoms with van der Waals surface area (Å²) < 4.78 is 18.8. The number of ether oxygens (including phenoxy) is 1. The molecule has 1 aliphatic heterocycles. The molecule has 0 atom stereocenters. The average Bonchev–Trinajstić information content (AvgIpc) is 2.85. The Labute approximate surface area is 209 Å². The zero-order chi connectivity index (χ0) is 25.7. The van der Waals surface area contributed by atoms with Gasteiger partial charge in [-0.05, 0) is 68.3 Å². The number of anilines is 3. The second kappa shape index (κ2) is 10.7. The largest absolute Gasteiger partial charge is 0.444 e. The van der Waals surface area contributed by atoms with Crippen molar-refractivity contribution in [2.45, 2.75) is 26.4 Å².